The van der Waals surface area contributed by atoms with Crippen molar-refractivity contribution in [2.45, 2.75) is 19.4 Å². The zero-order valence-electron chi connectivity index (χ0n) is 8.52. The van der Waals surface area contributed by atoms with Gasteiger partial charge in [0.25, 0.3) is 0 Å². The molecule has 0 saturated carbocycles. The van der Waals surface area contributed by atoms with Crippen LogP contribution in [0.4, 0.5) is 0 Å². The smallest absolute Gasteiger partial charge is 0.0726 e. The molecule has 0 radical (unpaired) electrons. The average Bonchev–Trinajstić information content (AvgIpc) is 2.12. The molecule has 2 heterocycles. The Morgan fingerprint density at radius 3 is 2.93 bits per heavy atom. The van der Waals surface area contributed by atoms with E-state index in [4.69, 9.17) is 10.1 Å². The summed E-state index contributed by atoms with van der Waals surface area (Å²) < 4.78 is 5.11. The van der Waals surface area contributed by atoms with Gasteiger partial charge in [-0.1, -0.05) is 0 Å². The van der Waals surface area contributed by atoms with E-state index in [-0.39, 0.29) is 0 Å². The Bertz CT molecular complexity index is 269. The lowest BCUT2D eigenvalue weighted by Gasteiger charge is -2.32. The monoisotopic (exact) mass is 195 g/mol. The fourth-order valence-electron chi connectivity index (χ4n) is 1.80. The van der Waals surface area contributed by atoms with Gasteiger partial charge < -0.3 is 20.8 Å². The molecule has 2 aliphatic heterocycles. The molecule has 0 spiro atoms. The molecular weight excluding hydrogens is 178 g/mol. The molecule has 4 heteroatoms. The fraction of sp³-hybridized carbons (Fsp3) is 0.700. The highest BCUT2D eigenvalue weighted by Gasteiger charge is 2.22. The molecule has 0 aromatic heterocycles. The third-order valence-corrected chi connectivity index (χ3v) is 2.69. The molecule has 3 N–H and O–H groups in total. The maximum Gasteiger partial charge on any atom is 0.0726 e. The first-order valence-corrected chi connectivity index (χ1v) is 5.10. The standard InChI is InChI=1S/C10H17N3O/c1-7(11)9-2-3-12-4-10(9)13-8-5-14-6-8/h8,11-13H,2-6H2,1H3. The van der Waals surface area contributed by atoms with Gasteiger partial charge in [-0.15, -0.1) is 0 Å². The molecule has 0 unspecified atom stereocenters. The second-order valence-electron chi connectivity index (χ2n) is 3.89. The number of nitrogens with one attached hydrogen (secondary N) is 3. The summed E-state index contributed by atoms with van der Waals surface area (Å²) in [5.41, 5.74) is 3.06. The van der Waals surface area contributed by atoms with Crippen molar-refractivity contribution in [1.29, 1.82) is 5.41 Å². The normalized spacial score (nSPS) is 23.2. The van der Waals surface area contributed by atoms with Crippen LogP contribution in [0.3, 0.4) is 0 Å². The van der Waals surface area contributed by atoms with Gasteiger partial charge in [0, 0.05) is 18.0 Å². The van der Waals surface area contributed by atoms with Crippen LogP contribution in [0.15, 0.2) is 11.3 Å². The minimum Gasteiger partial charge on any atom is -0.380 e. The number of hydrogen-bond donors (Lipinski definition) is 3. The van der Waals surface area contributed by atoms with Crippen LogP contribution < -0.4 is 10.6 Å². The van der Waals surface area contributed by atoms with Crippen molar-refractivity contribution in [3.05, 3.63) is 11.3 Å². The van der Waals surface area contributed by atoms with Gasteiger partial charge in [0.2, 0.25) is 0 Å². The van der Waals surface area contributed by atoms with Crippen molar-refractivity contribution < 1.29 is 4.74 Å². The van der Waals surface area contributed by atoms with Gasteiger partial charge in [0.15, 0.2) is 0 Å². The molecule has 78 valence electrons. The Hall–Kier alpha value is -0.870. The molecule has 2 aliphatic rings. The summed E-state index contributed by atoms with van der Waals surface area (Å²) in [6, 6.07) is 0.458. The van der Waals surface area contributed by atoms with Crippen molar-refractivity contribution >= 4 is 5.71 Å². The Labute approximate surface area is 84.2 Å². The number of rotatable bonds is 3. The van der Waals surface area contributed by atoms with Crippen molar-refractivity contribution in [1.82, 2.24) is 10.6 Å². The Kier molecular flexibility index (Phi) is 2.84. The van der Waals surface area contributed by atoms with Gasteiger partial charge in [0.1, 0.15) is 0 Å². The first kappa shape index (κ1) is 9.68. The maximum absolute atomic E-state index is 7.68. The maximum atomic E-state index is 7.68. The predicted molar refractivity (Wildman–Crippen MR) is 55.7 cm³/mol. The highest BCUT2D eigenvalue weighted by atomic mass is 16.5. The van der Waals surface area contributed by atoms with Crippen LogP contribution in [0.2, 0.25) is 0 Å². The first-order valence-electron chi connectivity index (χ1n) is 5.10. The molecule has 0 aromatic rings. The van der Waals surface area contributed by atoms with E-state index in [2.05, 4.69) is 10.6 Å². The number of hydrogen-bond acceptors (Lipinski definition) is 4. The Balaban J connectivity index is 2.05. The summed E-state index contributed by atoms with van der Waals surface area (Å²) >= 11 is 0. The SMILES string of the molecule is CC(=N)C1=C(NC2COC2)CNCC1. The van der Waals surface area contributed by atoms with E-state index < -0.39 is 0 Å². The number of ether oxygens (including phenoxy) is 1. The molecule has 0 atom stereocenters. The molecule has 2 rings (SSSR count). The van der Waals surface area contributed by atoms with Gasteiger partial charge >= 0.3 is 0 Å². The zero-order valence-corrected chi connectivity index (χ0v) is 8.52. The summed E-state index contributed by atoms with van der Waals surface area (Å²) in [6.07, 6.45) is 0.964. The molecule has 0 aliphatic carbocycles. The molecule has 4 nitrogen and oxygen atoms in total. The topological polar surface area (TPSA) is 57.1 Å². The molecule has 1 fully saturated rings. The van der Waals surface area contributed by atoms with Crippen molar-refractivity contribution in [2.24, 2.45) is 0 Å². The van der Waals surface area contributed by atoms with Gasteiger partial charge in [-0.05, 0) is 25.5 Å². The minimum absolute atomic E-state index is 0.458. The Morgan fingerprint density at radius 2 is 2.36 bits per heavy atom. The summed E-state index contributed by atoms with van der Waals surface area (Å²) in [6.45, 7) is 5.31. The molecule has 0 amide bonds. The van der Waals surface area contributed by atoms with E-state index in [0.717, 1.165) is 32.7 Å². The molecule has 1 saturated heterocycles. The Morgan fingerprint density at radius 1 is 1.57 bits per heavy atom. The van der Waals surface area contributed by atoms with E-state index in [1.165, 1.54) is 11.3 Å². The van der Waals surface area contributed by atoms with Gasteiger partial charge in [-0.25, -0.2) is 0 Å². The second kappa shape index (κ2) is 4.11. The first-order chi connectivity index (χ1) is 6.77. The third kappa shape index (κ3) is 1.96. The minimum atomic E-state index is 0.458. The van der Waals surface area contributed by atoms with E-state index in [9.17, 15) is 0 Å². The highest BCUT2D eigenvalue weighted by molar-refractivity contribution is 5.96. The van der Waals surface area contributed by atoms with E-state index in [1.54, 1.807) is 0 Å². The largest absolute Gasteiger partial charge is 0.380 e. The van der Waals surface area contributed by atoms with Crippen molar-refractivity contribution in [3.8, 4) is 0 Å². The molecule has 14 heavy (non-hydrogen) atoms. The lowest BCUT2D eigenvalue weighted by molar-refractivity contribution is -0.00119. The van der Waals surface area contributed by atoms with Crippen LogP contribution in [-0.4, -0.2) is 38.1 Å². The van der Waals surface area contributed by atoms with Crippen molar-refractivity contribution in [2.75, 3.05) is 26.3 Å². The van der Waals surface area contributed by atoms with Crippen LogP contribution in [0.1, 0.15) is 13.3 Å². The quantitative estimate of drug-likeness (QED) is 0.566. The predicted octanol–water partition coefficient (Wildman–Crippen LogP) is 0.262. The van der Waals surface area contributed by atoms with Crippen LogP contribution in [-0.2, 0) is 4.74 Å². The fourth-order valence-corrected chi connectivity index (χ4v) is 1.80. The summed E-state index contributed by atoms with van der Waals surface area (Å²) in [4.78, 5) is 0. The lowest BCUT2D eigenvalue weighted by Crippen LogP contribution is -2.48. The second-order valence-corrected chi connectivity index (χ2v) is 3.89. The van der Waals surface area contributed by atoms with Gasteiger partial charge in [0.05, 0.1) is 19.3 Å². The van der Waals surface area contributed by atoms with Gasteiger partial charge in [-0.3, -0.25) is 0 Å². The van der Waals surface area contributed by atoms with E-state index in [0.29, 0.717) is 11.8 Å². The van der Waals surface area contributed by atoms with Crippen LogP contribution in [0.5, 0.6) is 0 Å². The third-order valence-electron chi connectivity index (χ3n) is 2.69. The molecular formula is C10H17N3O. The van der Waals surface area contributed by atoms with Gasteiger partial charge in [-0.2, -0.15) is 0 Å². The zero-order chi connectivity index (χ0) is 9.97. The van der Waals surface area contributed by atoms with Crippen LogP contribution in [0.25, 0.3) is 0 Å². The van der Waals surface area contributed by atoms with E-state index >= 15 is 0 Å². The molecule has 0 aromatic carbocycles. The van der Waals surface area contributed by atoms with Crippen LogP contribution in [0, 0.1) is 5.41 Å². The highest BCUT2D eigenvalue weighted by Crippen LogP contribution is 2.13. The van der Waals surface area contributed by atoms with Crippen molar-refractivity contribution in [3.63, 3.8) is 0 Å². The average molecular weight is 195 g/mol. The summed E-state index contributed by atoms with van der Waals surface area (Å²) in [5.74, 6) is 0. The summed E-state index contributed by atoms with van der Waals surface area (Å²) in [5, 5.41) is 14.4. The lowest BCUT2D eigenvalue weighted by atomic mass is 10.0. The van der Waals surface area contributed by atoms with E-state index in [1.807, 2.05) is 6.92 Å². The molecule has 0 bridgehead atoms. The summed E-state index contributed by atoms with van der Waals surface area (Å²) in [7, 11) is 0. The van der Waals surface area contributed by atoms with Crippen LogP contribution >= 0.6 is 0 Å².